The maximum Gasteiger partial charge on any atom is 0.361 e. The highest BCUT2D eigenvalue weighted by atomic mass is 16.6. The molecule has 0 radical (unpaired) electrons. The fraction of sp³-hybridized carbons (Fsp3) is 0.0500. The zero-order chi connectivity index (χ0) is 19.4. The van der Waals surface area contributed by atoms with Crippen molar-refractivity contribution >= 4 is 24.4 Å². The van der Waals surface area contributed by atoms with E-state index >= 15 is 0 Å². The molecule has 1 N–H and O–H groups in total. The predicted molar refractivity (Wildman–Crippen MR) is 101 cm³/mol. The Kier molecular flexibility index (Phi) is 5.03. The van der Waals surface area contributed by atoms with Gasteiger partial charge in [0, 0.05) is 16.8 Å². The fourth-order valence-corrected chi connectivity index (χ4v) is 2.59. The van der Waals surface area contributed by atoms with Crippen molar-refractivity contribution in [2.75, 3.05) is 7.11 Å². The van der Waals surface area contributed by atoms with Gasteiger partial charge < -0.3 is 14.1 Å². The molecule has 2 aromatic carbocycles. The van der Waals surface area contributed by atoms with Gasteiger partial charge in [0.2, 0.25) is 5.55 Å². The van der Waals surface area contributed by atoms with Crippen LogP contribution in [0.25, 0.3) is 18.7 Å². The van der Waals surface area contributed by atoms with E-state index in [1.807, 2.05) is 24.3 Å². The molecule has 0 unspecified atom stereocenters. The van der Waals surface area contributed by atoms with Crippen molar-refractivity contribution in [2.24, 2.45) is 0 Å². The first kappa shape index (κ1) is 17.9. The molecule has 0 saturated carbocycles. The third-order valence-electron chi connectivity index (χ3n) is 3.93. The number of para-hydroxylation sites is 1. The Bertz CT molecular complexity index is 1280. The molecule has 0 atom stereocenters. The largest absolute Gasteiger partial charge is 0.496 e. The number of allylic oxidation sites excluding steroid dienone is 1. The minimum absolute atomic E-state index is 0.116. The fourth-order valence-electron chi connectivity index (χ4n) is 2.59. The molecule has 27 heavy (non-hydrogen) atoms. The van der Waals surface area contributed by atoms with Gasteiger partial charge in [-0.3, -0.25) is 10.1 Å². The number of aromatic nitrogens is 1. The Morgan fingerprint density at radius 2 is 2.00 bits per heavy atom. The molecule has 3 aromatic rings. The number of nitrogens with one attached hydrogen (secondary N) is 1. The molecule has 0 aliphatic heterocycles. The Labute approximate surface area is 153 Å². The molecular formula is C20H16N2O5. The number of rotatable bonds is 4. The van der Waals surface area contributed by atoms with Gasteiger partial charge in [0.15, 0.2) is 0 Å². The summed E-state index contributed by atoms with van der Waals surface area (Å²) in [6, 6.07) is 11.9. The molecule has 7 heteroatoms. The van der Waals surface area contributed by atoms with Crippen LogP contribution >= 0.6 is 0 Å². The number of hydrogen-bond acceptors (Lipinski definition) is 5. The number of nitrogens with zero attached hydrogens (tertiary/aromatic N) is 1. The average molecular weight is 364 g/mol. The molecule has 3 rings (SSSR count). The van der Waals surface area contributed by atoms with Gasteiger partial charge in [-0.1, -0.05) is 43.0 Å². The first-order valence-corrected chi connectivity index (χ1v) is 7.98. The van der Waals surface area contributed by atoms with E-state index in [1.165, 1.54) is 12.1 Å². The summed E-state index contributed by atoms with van der Waals surface area (Å²) in [7, 11) is 1.58. The Balaban J connectivity index is 2.11. The standard InChI is InChI=1S/C20H16N2O5/c1-13-15(9-6-11-17(13)22(24)25)19-21-16(20(23)27-19)10-5-8-14-7-3-4-12-18(14)26-2/h3-12,21H,1H2,2H3/b8-5+,16-10+,19-15?. The van der Waals surface area contributed by atoms with Crippen LogP contribution < -0.4 is 20.9 Å². The van der Waals surface area contributed by atoms with Crippen molar-refractivity contribution in [1.29, 1.82) is 0 Å². The summed E-state index contributed by atoms with van der Waals surface area (Å²) in [5, 5.41) is 11.8. The molecule has 0 bridgehead atoms. The summed E-state index contributed by atoms with van der Waals surface area (Å²) in [6.07, 6.45) is 5.03. The Hall–Kier alpha value is -3.87. The van der Waals surface area contributed by atoms with Gasteiger partial charge in [0.25, 0.3) is 5.69 Å². The summed E-state index contributed by atoms with van der Waals surface area (Å²) in [6.45, 7) is 3.72. The van der Waals surface area contributed by atoms with Crippen LogP contribution in [-0.2, 0) is 0 Å². The molecule has 0 aliphatic carbocycles. The van der Waals surface area contributed by atoms with Crippen LogP contribution in [0.15, 0.2) is 57.8 Å². The number of non-ortho nitro benzene ring substituents is 1. The molecule has 0 fully saturated rings. The van der Waals surface area contributed by atoms with E-state index in [9.17, 15) is 14.9 Å². The van der Waals surface area contributed by atoms with Crippen LogP contribution in [-0.4, -0.2) is 17.0 Å². The molecule has 1 aromatic heterocycles. The first-order valence-electron chi connectivity index (χ1n) is 7.98. The number of nitro groups is 1. The van der Waals surface area contributed by atoms with Crippen molar-refractivity contribution < 1.29 is 14.1 Å². The highest BCUT2D eigenvalue weighted by Gasteiger charge is 2.07. The van der Waals surface area contributed by atoms with Crippen LogP contribution in [0.3, 0.4) is 0 Å². The number of H-pyrrole nitrogens is 1. The smallest absolute Gasteiger partial charge is 0.361 e. The third-order valence-corrected chi connectivity index (χ3v) is 3.93. The highest BCUT2D eigenvalue weighted by Crippen LogP contribution is 2.18. The van der Waals surface area contributed by atoms with E-state index in [0.717, 1.165) is 5.56 Å². The molecule has 136 valence electrons. The van der Waals surface area contributed by atoms with Gasteiger partial charge >= 0.3 is 5.63 Å². The lowest BCUT2D eigenvalue weighted by molar-refractivity contribution is -0.385. The molecule has 7 nitrogen and oxygen atoms in total. The van der Waals surface area contributed by atoms with Crippen LogP contribution in [0.2, 0.25) is 0 Å². The van der Waals surface area contributed by atoms with E-state index in [-0.39, 0.29) is 21.8 Å². The second-order valence-electron chi connectivity index (χ2n) is 5.59. The van der Waals surface area contributed by atoms with Gasteiger partial charge in [0.05, 0.1) is 17.3 Å². The highest BCUT2D eigenvalue weighted by molar-refractivity contribution is 5.62. The Morgan fingerprint density at radius 3 is 2.74 bits per heavy atom. The lowest BCUT2D eigenvalue weighted by atomic mass is 10.2. The van der Waals surface area contributed by atoms with Gasteiger partial charge in [-0.15, -0.1) is 0 Å². The van der Waals surface area contributed by atoms with E-state index in [1.54, 1.807) is 31.4 Å². The summed E-state index contributed by atoms with van der Waals surface area (Å²) in [4.78, 5) is 25.4. The van der Waals surface area contributed by atoms with Crippen molar-refractivity contribution in [1.82, 2.24) is 4.98 Å². The number of hydrogen-bond donors (Lipinski definition) is 1. The van der Waals surface area contributed by atoms with Crippen molar-refractivity contribution in [3.05, 3.63) is 96.0 Å². The number of nitro benzene ring substituents is 1. The van der Waals surface area contributed by atoms with Crippen LogP contribution in [0.5, 0.6) is 5.75 Å². The average Bonchev–Trinajstić information content (AvgIpc) is 3.02. The van der Waals surface area contributed by atoms with E-state index in [2.05, 4.69) is 11.6 Å². The maximum atomic E-state index is 12.1. The minimum atomic E-state index is -0.583. The third kappa shape index (κ3) is 3.72. The number of benzene rings is 2. The quantitative estimate of drug-likeness (QED) is 0.564. The summed E-state index contributed by atoms with van der Waals surface area (Å²) in [5.41, 5.74) is 0.240. The second-order valence-corrected chi connectivity index (χ2v) is 5.59. The number of aromatic amines is 1. The predicted octanol–water partition coefficient (Wildman–Crippen LogP) is 2.08. The van der Waals surface area contributed by atoms with Crippen LogP contribution in [0, 0.1) is 20.9 Å². The van der Waals surface area contributed by atoms with Gasteiger partial charge in [0.1, 0.15) is 11.1 Å². The van der Waals surface area contributed by atoms with Gasteiger partial charge in [-0.25, -0.2) is 4.79 Å². The molecule has 0 amide bonds. The lowest BCUT2D eigenvalue weighted by Crippen LogP contribution is -2.19. The zero-order valence-electron chi connectivity index (χ0n) is 14.5. The normalized spacial score (nSPS) is 13.1. The van der Waals surface area contributed by atoms with E-state index in [4.69, 9.17) is 9.15 Å². The van der Waals surface area contributed by atoms with Crippen molar-refractivity contribution in [2.45, 2.75) is 0 Å². The van der Waals surface area contributed by atoms with Crippen LogP contribution in [0.4, 0.5) is 5.69 Å². The zero-order valence-corrected chi connectivity index (χ0v) is 14.5. The summed E-state index contributed by atoms with van der Waals surface area (Å²) < 4.78 is 10.5. The topological polar surface area (TPSA) is 98.4 Å². The van der Waals surface area contributed by atoms with Gasteiger partial charge in [-0.2, -0.15) is 0 Å². The maximum absolute atomic E-state index is 12.1. The molecule has 0 aliphatic rings. The number of oxazole rings is 1. The molecule has 0 saturated heterocycles. The van der Waals surface area contributed by atoms with E-state index in [0.29, 0.717) is 11.0 Å². The van der Waals surface area contributed by atoms with Crippen molar-refractivity contribution in [3.8, 4) is 5.75 Å². The number of ether oxygens (including phenoxy) is 1. The van der Waals surface area contributed by atoms with E-state index < -0.39 is 10.5 Å². The molecule has 1 heterocycles. The molecule has 0 spiro atoms. The summed E-state index contributed by atoms with van der Waals surface area (Å²) >= 11 is 0. The second kappa shape index (κ2) is 7.57. The monoisotopic (exact) mass is 364 g/mol. The van der Waals surface area contributed by atoms with Crippen molar-refractivity contribution in [3.63, 3.8) is 0 Å². The molecular weight excluding hydrogens is 348 g/mol. The Morgan fingerprint density at radius 1 is 1.22 bits per heavy atom. The minimum Gasteiger partial charge on any atom is -0.496 e. The van der Waals surface area contributed by atoms with Gasteiger partial charge in [-0.05, 0) is 18.2 Å². The first-order chi connectivity index (χ1) is 13.0. The number of methoxy groups -OCH3 is 1. The SMILES string of the molecule is C=c1c([N+](=O)[O-])cccc1=c1[nH]/c(=C/C=C/c2ccccc2OC)c(=O)o1. The van der Waals surface area contributed by atoms with Crippen LogP contribution in [0.1, 0.15) is 5.56 Å². The lowest BCUT2D eigenvalue weighted by Gasteiger charge is -2.02. The summed E-state index contributed by atoms with van der Waals surface area (Å²) in [5.74, 6) is 0.708.